The third kappa shape index (κ3) is 5.18. The summed E-state index contributed by atoms with van der Waals surface area (Å²) in [5.74, 6) is 0.624. The van der Waals surface area contributed by atoms with Gasteiger partial charge in [-0.05, 0) is 48.9 Å². The van der Waals surface area contributed by atoms with Crippen LogP contribution in [0.4, 0.5) is 5.69 Å². The molecule has 2 N–H and O–H groups in total. The average molecular weight is 410 g/mol. The molecule has 0 spiro atoms. The summed E-state index contributed by atoms with van der Waals surface area (Å²) in [4.78, 5) is 16.7. The van der Waals surface area contributed by atoms with Gasteiger partial charge in [-0.3, -0.25) is 4.79 Å². The number of hydrogen-bond acceptors (Lipinski definition) is 4. The molecule has 7 nitrogen and oxygen atoms in total. The van der Waals surface area contributed by atoms with Crippen LogP contribution in [0.25, 0.3) is 0 Å². The highest BCUT2D eigenvalue weighted by atomic mass is 32.2. The highest BCUT2D eigenvalue weighted by Crippen LogP contribution is 2.15. The minimum atomic E-state index is -3.61. The SMILES string of the molecule is C=CCNS(=O)(=O)c1ccc(C(=O)Nc2ccc(Cn3ccnc3C)cc2)cc1. The van der Waals surface area contributed by atoms with Crippen LogP contribution in [0, 0.1) is 6.92 Å². The van der Waals surface area contributed by atoms with Crippen LogP contribution in [0.15, 0.2) is 78.5 Å². The number of amides is 1. The third-order valence-electron chi connectivity index (χ3n) is 4.33. The second-order valence-corrected chi connectivity index (χ2v) is 8.19. The molecule has 0 aliphatic rings. The molecule has 3 rings (SSSR count). The largest absolute Gasteiger partial charge is 0.331 e. The molecule has 1 amide bonds. The number of carbonyl (C=O) groups is 1. The van der Waals surface area contributed by atoms with Crippen LogP contribution in [0.2, 0.25) is 0 Å². The molecule has 0 saturated carbocycles. The highest BCUT2D eigenvalue weighted by molar-refractivity contribution is 7.89. The standard InChI is InChI=1S/C21H22N4O3S/c1-3-12-23-29(27,28)20-10-6-18(7-11-20)21(26)24-19-8-4-17(5-9-19)15-25-14-13-22-16(25)2/h3-11,13-14,23H,1,12,15H2,2H3,(H,24,26). The lowest BCUT2D eigenvalue weighted by molar-refractivity contribution is 0.102. The Labute approximate surface area is 170 Å². The van der Waals surface area contributed by atoms with Crippen molar-refractivity contribution in [2.45, 2.75) is 18.4 Å². The number of imidazole rings is 1. The molecule has 29 heavy (non-hydrogen) atoms. The molecule has 0 saturated heterocycles. The summed E-state index contributed by atoms with van der Waals surface area (Å²) >= 11 is 0. The summed E-state index contributed by atoms with van der Waals surface area (Å²) in [5.41, 5.74) is 2.11. The smallest absolute Gasteiger partial charge is 0.255 e. The number of aromatic nitrogens is 2. The molecule has 0 bridgehead atoms. The average Bonchev–Trinajstić information content (AvgIpc) is 3.12. The van der Waals surface area contributed by atoms with Crippen LogP contribution >= 0.6 is 0 Å². The molecule has 3 aromatic rings. The van der Waals surface area contributed by atoms with E-state index in [4.69, 9.17) is 0 Å². The number of nitrogens with one attached hydrogen (secondary N) is 2. The molecule has 0 atom stereocenters. The summed E-state index contributed by atoms with van der Waals surface area (Å²) in [6.45, 7) is 6.27. The number of anilines is 1. The fourth-order valence-electron chi connectivity index (χ4n) is 2.70. The molecule has 0 aliphatic carbocycles. The lowest BCUT2D eigenvalue weighted by atomic mass is 10.2. The Balaban J connectivity index is 1.64. The van der Waals surface area contributed by atoms with Crippen molar-refractivity contribution in [3.8, 4) is 0 Å². The van der Waals surface area contributed by atoms with E-state index in [0.29, 0.717) is 17.8 Å². The molecular weight excluding hydrogens is 388 g/mol. The zero-order valence-corrected chi connectivity index (χ0v) is 16.8. The monoisotopic (exact) mass is 410 g/mol. The quantitative estimate of drug-likeness (QED) is 0.559. The van der Waals surface area contributed by atoms with Crippen LogP contribution in [0.1, 0.15) is 21.7 Å². The predicted octanol–water partition coefficient (Wildman–Crippen LogP) is 2.96. The van der Waals surface area contributed by atoms with Crippen LogP contribution in [-0.4, -0.2) is 30.4 Å². The van der Waals surface area contributed by atoms with Gasteiger partial charge in [0.1, 0.15) is 5.82 Å². The summed E-state index contributed by atoms with van der Waals surface area (Å²) in [6, 6.07) is 13.3. The number of nitrogens with zero attached hydrogens (tertiary/aromatic N) is 2. The second-order valence-electron chi connectivity index (χ2n) is 6.42. The van der Waals surface area contributed by atoms with Crippen molar-refractivity contribution in [2.24, 2.45) is 0 Å². The summed E-state index contributed by atoms with van der Waals surface area (Å²) in [5, 5.41) is 2.81. The van der Waals surface area contributed by atoms with E-state index in [-0.39, 0.29) is 17.3 Å². The second kappa shape index (κ2) is 8.85. The maximum absolute atomic E-state index is 12.4. The van der Waals surface area contributed by atoms with E-state index >= 15 is 0 Å². The Bertz CT molecular complexity index is 1100. The maximum Gasteiger partial charge on any atom is 0.255 e. The zero-order chi connectivity index (χ0) is 20.9. The fourth-order valence-corrected chi connectivity index (χ4v) is 3.70. The number of sulfonamides is 1. The predicted molar refractivity (Wildman–Crippen MR) is 112 cm³/mol. The summed E-state index contributed by atoms with van der Waals surface area (Å²) < 4.78 is 28.6. The van der Waals surface area contributed by atoms with Gasteiger partial charge in [0.05, 0.1) is 4.90 Å². The van der Waals surface area contributed by atoms with Crippen LogP contribution < -0.4 is 10.0 Å². The van der Waals surface area contributed by atoms with Gasteiger partial charge in [-0.2, -0.15) is 0 Å². The first-order valence-electron chi connectivity index (χ1n) is 8.98. The number of carbonyl (C=O) groups excluding carboxylic acids is 1. The molecule has 150 valence electrons. The number of rotatable bonds is 8. The first kappa shape index (κ1) is 20.5. The van der Waals surface area contributed by atoms with Gasteiger partial charge in [0, 0.05) is 36.7 Å². The molecule has 8 heteroatoms. The Kier molecular flexibility index (Phi) is 6.26. The summed E-state index contributed by atoms with van der Waals surface area (Å²) in [7, 11) is -3.61. The van der Waals surface area contributed by atoms with Crippen LogP contribution in [-0.2, 0) is 16.6 Å². The fraction of sp³-hybridized carbons (Fsp3) is 0.143. The van der Waals surface area contributed by atoms with E-state index in [9.17, 15) is 13.2 Å². The Morgan fingerprint density at radius 3 is 2.41 bits per heavy atom. The minimum absolute atomic E-state index is 0.0926. The first-order chi connectivity index (χ1) is 13.9. The number of benzene rings is 2. The van der Waals surface area contributed by atoms with Gasteiger partial charge in [-0.1, -0.05) is 18.2 Å². The zero-order valence-electron chi connectivity index (χ0n) is 16.0. The Hall–Kier alpha value is -3.23. The van der Waals surface area contributed by atoms with Crippen molar-refractivity contribution in [1.29, 1.82) is 0 Å². The van der Waals surface area contributed by atoms with Crippen molar-refractivity contribution >= 4 is 21.6 Å². The van der Waals surface area contributed by atoms with Gasteiger partial charge in [0.15, 0.2) is 0 Å². The highest BCUT2D eigenvalue weighted by Gasteiger charge is 2.14. The van der Waals surface area contributed by atoms with E-state index in [1.165, 1.54) is 30.3 Å². The summed E-state index contributed by atoms with van der Waals surface area (Å²) in [6.07, 6.45) is 5.14. The van der Waals surface area contributed by atoms with Gasteiger partial charge in [-0.25, -0.2) is 18.1 Å². The van der Waals surface area contributed by atoms with E-state index in [1.54, 1.807) is 6.20 Å². The first-order valence-corrected chi connectivity index (χ1v) is 10.5. The topological polar surface area (TPSA) is 93.1 Å². The lowest BCUT2D eigenvalue weighted by Gasteiger charge is -2.09. The van der Waals surface area contributed by atoms with E-state index in [1.807, 2.05) is 42.0 Å². The maximum atomic E-state index is 12.4. The van der Waals surface area contributed by atoms with E-state index in [0.717, 1.165) is 11.4 Å². The number of aryl methyl sites for hydroxylation is 1. The van der Waals surface area contributed by atoms with E-state index < -0.39 is 10.0 Å². The van der Waals surface area contributed by atoms with Crippen molar-refractivity contribution in [3.05, 3.63) is 90.5 Å². The molecule has 0 aliphatic heterocycles. The van der Waals surface area contributed by atoms with Gasteiger partial charge in [-0.15, -0.1) is 6.58 Å². The van der Waals surface area contributed by atoms with E-state index in [2.05, 4.69) is 21.6 Å². The molecule has 2 aromatic carbocycles. The molecule has 0 unspecified atom stereocenters. The van der Waals surface area contributed by atoms with Crippen molar-refractivity contribution < 1.29 is 13.2 Å². The molecule has 1 heterocycles. The van der Waals surface area contributed by atoms with Crippen molar-refractivity contribution in [1.82, 2.24) is 14.3 Å². The number of hydrogen-bond donors (Lipinski definition) is 2. The van der Waals surface area contributed by atoms with Crippen molar-refractivity contribution in [2.75, 3.05) is 11.9 Å². The third-order valence-corrected chi connectivity index (χ3v) is 5.77. The Morgan fingerprint density at radius 1 is 1.14 bits per heavy atom. The lowest BCUT2D eigenvalue weighted by Crippen LogP contribution is -2.23. The van der Waals surface area contributed by atoms with Crippen LogP contribution in [0.5, 0.6) is 0 Å². The van der Waals surface area contributed by atoms with Gasteiger partial charge >= 0.3 is 0 Å². The van der Waals surface area contributed by atoms with Gasteiger partial charge in [0.2, 0.25) is 10.0 Å². The normalized spacial score (nSPS) is 11.2. The van der Waals surface area contributed by atoms with Crippen LogP contribution in [0.3, 0.4) is 0 Å². The minimum Gasteiger partial charge on any atom is -0.331 e. The molecule has 1 aromatic heterocycles. The molecule has 0 radical (unpaired) electrons. The van der Waals surface area contributed by atoms with Crippen molar-refractivity contribution in [3.63, 3.8) is 0 Å². The van der Waals surface area contributed by atoms with Gasteiger partial charge < -0.3 is 9.88 Å². The van der Waals surface area contributed by atoms with Gasteiger partial charge in [0.25, 0.3) is 5.91 Å². The molecule has 0 fully saturated rings. The Morgan fingerprint density at radius 2 is 1.83 bits per heavy atom. The molecular formula is C21H22N4O3S.